The van der Waals surface area contributed by atoms with Gasteiger partial charge >= 0.3 is 0 Å². The largest absolute Gasteiger partial charge is 0.378 e. The number of hydrogen-bond acceptors (Lipinski definition) is 4. The standard InChI is InChI=1S/C12H22N2OS/c1-5-6-12(2,3)13-7-10-9-16-11(14-10)8-15-4/h9,13H,5-8H2,1-4H3. The van der Waals surface area contributed by atoms with E-state index in [2.05, 4.69) is 36.5 Å². The molecule has 0 spiro atoms. The molecule has 0 aliphatic rings. The summed E-state index contributed by atoms with van der Waals surface area (Å²) >= 11 is 1.66. The monoisotopic (exact) mass is 242 g/mol. The molecule has 0 aromatic carbocycles. The molecule has 1 heterocycles. The van der Waals surface area contributed by atoms with Gasteiger partial charge in [-0.25, -0.2) is 4.98 Å². The Hall–Kier alpha value is -0.450. The first-order valence-electron chi connectivity index (χ1n) is 5.74. The molecule has 0 bridgehead atoms. The zero-order valence-corrected chi connectivity index (χ0v) is 11.5. The van der Waals surface area contributed by atoms with Crippen molar-refractivity contribution in [3.05, 3.63) is 16.1 Å². The van der Waals surface area contributed by atoms with Gasteiger partial charge in [-0.05, 0) is 20.3 Å². The molecule has 0 unspecified atom stereocenters. The Kier molecular flexibility index (Phi) is 5.38. The Bertz CT molecular complexity index is 310. The molecule has 0 aliphatic carbocycles. The van der Waals surface area contributed by atoms with Crippen LogP contribution in [-0.2, 0) is 17.9 Å². The number of thiazole rings is 1. The van der Waals surface area contributed by atoms with Crippen LogP contribution in [0.2, 0.25) is 0 Å². The predicted molar refractivity (Wildman–Crippen MR) is 68.7 cm³/mol. The maximum atomic E-state index is 5.05. The van der Waals surface area contributed by atoms with Crippen molar-refractivity contribution in [3.8, 4) is 0 Å². The zero-order chi connectivity index (χ0) is 12.0. The molecule has 4 heteroatoms. The molecule has 92 valence electrons. The van der Waals surface area contributed by atoms with Crippen LogP contribution in [0.1, 0.15) is 44.3 Å². The Morgan fingerprint density at radius 2 is 2.25 bits per heavy atom. The third-order valence-corrected chi connectivity index (χ3v) is 3.36. The molecular formula is C12H22N2OS. The van der Waals surface area contributed by atoms with Gasteiger partial charge in [0.2, 0.25) is 0 Å². The summed E-state index contributed by atoms with van der Waals surface area (Å²) < 4.78 is 5.05. The Morgan fingerprint density at radius 3 is 2.88 bits per heavy atom. The van der Waals surface area contributed by atoms with E-state index in [0.717, 1.165) is 17.2 Å². The van der Waals surface area contributed by atoms with Crippen molar-refractivity contribution in [2.24, 2.45) is 0 Å². The molecule has 1 aromatic heterocycles. The fourth-order valence-corrected chi connectivity index (χ4v) is 2.43. The van der Waals surface area contributed by atoms with Gasteiger partial charge in [-0.2, -0.15) is 0 Å². The minimum Gasteiger partial charge on any atom is -0.378 e. The molecule has 0 saturated heterocycles. The average molecular weight is 242 g/mol. The SMILES string of the molecule is CCCC(C)(C)NCc1csc(COC)n1. The predicted octanol–water partition coefficient (Wildman–Crippen LogP) is 2.96. The fraction of sp³-hybridized carbons (Fsp3) is 0.750. The van der Waals surface area contributed by atoms with E-state index in [1.165, 1.54) is 12.8 Å². The first-order chi connectivity index (χ1) is 7.57. The van der Waals surface area contributed by atoms with E-state index < -0.39 is 0 Å². The second kappa shape index (κ2) is 6.33. The fourth-order valence-electron chi connectivity index (χ4n) is 1.66. The van der Waals surface area contributed by atoms with Crippen molar-refractivity contribution < 1.29 is 4.74 Å². The molecule has 0 amide bonds. The molecular weight excluding hydrogens is 220 g/mol. The van der Waals surface area contributed by atoms with Crippen molar-refractivity contribution >= 4 is 11.3 Å². The van der Waals surface area contributed by atoms with Gasteiger partial charge in [0.15, 0.2) is 0 Å². The molecule has 3 nitrogen and oxygen atoms in total. The second-order valence-electron chi connectivity index (χ2n) is 4.65. The van der Waals surface area contributed by atoms with E-state index in [1.807, 2.05) is 0 Å². The highest BCUT2D eigenvalue weighted by Crippen LogP contribution is 2.14. The molecule has 16 heavy (non-hydrogen) atoms. The average Bonchev–Trinajstić information content (AvgIpc) is 2.64. The summed E-state index contributed by atoms with van der Waals surface area (Å²) in [4.78, 5) is 4.49. The lowest BCUT2D eigenvalue weighted by Gasteiger charge is -2.25. The van der Waals surface area contributed by atoms with E-state index in [-0.39, 0.29) is 5.54 Å². The third-order valence-electron chi connectivity index (χ3n) is 2.49. The minimum atomic E-state index is 0.194. The van der Waals surface area contributed by atoms with Crippen molar-refractivity contribution in [2.45, 2.75) is 52.3 Å². The van der Waals surface area contributed by atoms with E-state index >= 15 is 0 Å². The van der Waals surface area contributed by atoms with Crippen LogP contribution in [0, 0.1) is 0 Å². The van der Waals surface area contributed by atoms with Crippen LogP contribution in [0.15, 0.2) is 5.38 Å². The van der Waals surface area contributed by atoms with E-state index in [9.17, 15) is 0 Å². The number of aromatic nitrogens is 1. The van der Waals surface area contributed by atoms with Crippen LogP contribution in [0.3, 0.4) is 0 Å². The summed E-state index contributed by atoms with van der Waals surface area (Å²) in [7, 11) is 1.70. The normalized spacial score (nSPS) is 12.0. The van der Waals surface area contributed by atoms with Crippen LogP contribution in [0.5, 0.6) is 0 Å². The first-order valence-corrected chi connectivity index (χ1v) is 6.62. The Labute approximate surface area is 102 Å². The quantitative estimate of drug-likeness (QED) is 0.798. The van der Waals surface area contributed by atoms with E-state index in [0.29, 0.717) is 6.61 Å². The number of nitrogens with zero attached hydrogens (tertiary/aromatic N) is 1. The lowest BCUT2D eigenvalue weighted by molar-refractivity contribution is 0.184. The van der Waals surface area contributed by atoms with Crippen LogP contribution < -0.4 is 5.32 Å². The number of hydrogen-bond donors (Lipinski definition) is 1. The van der Waals surface area contributed by atoms with Crippen LogP contribution in [0.25, 0.3) is 0 Å². The molecule has 1 N–H and O–H groups in total. The molecule has 1 rings (SSSR count). The molecule has 0 radical (unpaired) electrons. The number of rotatable bonds is 7. The van der Waals surface area contributed by atoms with Gasteiger partial charge in [0.25, 0.3) is 0 Å². The second-order valence-corrected chi connectivity index (χ2v) is 5.60. The summed E-state index contributed by atoms with van der Waals surface area (Å²) in [5, 5.41) is 6.68. The lowest BCUT2D eigenvalue weighted by atomic mass is 9.99. The molecule has 0 fully saturated rings. The van der Waals surface area contributed by atoms with E-state index in [1.54, 1.807) is 18.4 Å². The highest BCUT2D eigenvalue weighted by atomic mass is 32.1. The molecule has 0 saturated carbocycles. The number of methoxy groups -OCH3 is 1. The Morgan fingerprint density at radius 1 is 1.50 bits per heavy atom. The van der Waals surface area contributed by atoms with Crippen molar-refractivity contribution in [1.82, 2.24) is 10.3 Å². The topological polar surface area (TPSA) is 34.1 Å². The van der Waals surface area contributed by atoms with E-state index in [4.69, 9.17) is 4.74 Å². The summed E-state index contributed by atoms with van der Waals surface area (Å²) in [6.07, 6.45) is 2.38. The lowest BCUT2D eigenvalue weighted by Crippen LogP contribution is -2.38. The van der Waals surface area contributed by atoms with Gasteiger partial charge in [0, 0.05) is 24.6 Å². The molecule has 0 atom stereocenters. The van der Waals surface area contributed by atoms with Crippen LogP contribution in [-0.4, -0.2) is 17.6 Å². The first kappa shape index (κ1) is 13.6. The van der Waals surface area contributed by atoms with Gasteiger partial charge in [-0.1, -0.05) is 13.3 Å². The summed E-state index contributed by atoms with van der Waals surface area (Å²) in [6.45, 7) is 8.14. The van der Waals surface area contributed by atoms with Crippen molar-refractivity contribution in [1.29, 1.82) is 0 Å². The van der Waals surface area contributed by atoms with Crippen LogP contribution in [0.4, 0.5) is 0 Å². The summed E-state index contributed by atoms with van der Waals surface area (Å²) in [5.74, 6) is 0. The van der Waals surface area contributed by atoms with Crippen LogP contribution >= 0.6 is 11.3 Å². The van der Waals surface area contributed by atoms with Crippen molar-refractivity contribution in [2.75, 3.05) is 7.11 Å². The zero-order valence-electron chi connectivity index (χ0n) is 10.7. The maximum Gasteiger partial charge on any atom is 0.119 e. The smallest absolute Gasteiger partial charge is 0.119 e. The van der Waals surface area contributed by atoms with Gasteiger partial charge < -0.3 is 10.1 Å². The number of nitrogens with one attached hydrogen (secondary N) is 1. The van der Waals surface area contributed by atoms with Crippen molar-refractivity contribution in [3.63, 3.8) is 0 Å². The minimum absolute atomic E-state index is 0.194. The molecule has 1 aromatic rings. The highest BCUT2D eigenvalue weighted by Gasteiger charge is 2.15. The van der Waals surface area contributed by atoms with Gasteiger partial charge in [0.1, 0.15) is 5.01 Å². The summed E-state index contributed by atoms with van der Waals surface area (Å²) in [5.41, 5.74) is 1.31. The van der Waals surface area contributed by atoms with Gasteiger partial charge in [-0.3, -0.25) is 0 Å². The summed E-state index contributed by atoms with van der Waals surface area (Å²) in [6, 6.07) is 0. The molecule has 0 aliphatic heterocycles. The van der Waals surface area contributed by atoms with Gasteiger partial charge in [0.05, 0.1) is 12.3 Å². The number of ether oxygens (including phenoxy) is 1. The Balaban J connectivity index is 2.41. The van der Waals surface area contributed by atoms with Gasteiger partial charge in [-0.15, -0.1) is 11.3 Å². The maximum absolute atomic E-state index is 5.05. The third kappa shape index (κ3) is 4.60. The highest BCUT2D eigenvalue weighted by molar-refractivity contribution is 7.09.